The van der Waals surface area contributed by atoms with Gasteiger partial charge in [0.05, 0.1) is 41.3 Å². The number of amides is 4. The molecule has 0 aliphatic carbocycles. The van der Waals surface area contributed by atoms with Crippen LogP contribution in [0, 0.1) is 5.92 Å². The van der Waals surface area contributed by atoms with Crippen LogP contribution in [0.25, 0.3) is 0 Å². The molecule has 3 fully saturated rings. The molecule has 5 heterocycles. The summed E-state index contributed by atoms with van der Waals surface area (Å²) in [5, 5.41) is 9.33. The smallest absolute Gasteiger partial charge is 0.262 e. The summed E-state index contributed by atoms with van der Waals surface area (Å²) in [4.78, 5) is 63.8. The van der Waals surface area contributed by atoms with E-state index in [-0.39, 0.29) is 47.4 Å². The first-order valence-corrected chi connectivity index (χ1v) is 21.9. The van der Waals surface area contributed by atoms with Gasteiger partial charge < -0.3 is 29.7 Å². The number of rotatable bonds is 11. The lowest BCUT2D eigenvalue weighted by Crippen LogP contribution is -2.54. The van der Waals surface area contributed by atoms with Gasteiger partial charge in [-0.3, -0.25) is 34.3 Å². The molecule has 4 amide bonds. The lowest BCUT2D eigenvalue weighted by Gasteiger charge is -2.40. The zero-order valence-electron chi connectivity index (χ0n) is 40.4. The van der Waals surface area contributed by atoms with Crippen LogP contribution in [0.4, 0.5) is 34.5 Å². The lowest BCUT2D eigenvalue weighted by atomic mass is 9.95. The van der Waals surface area contributed by atoms with Crippen LogP contribution in [-0.4, -0.2) is 115 Å². The van der Waals surface area contributed by atoms with E-state index in [1.807, 2.05) is 24.3 Å². The number of halogens is 1. The molecule has 3 N–H and O–H groups in total. The number of para-hydroxylation sites is 1. The molecular formula is C42H47ClN9O6P. The number of fused-ring (bicyclic) bond motifs is 1. The Morgan fingerprint density at radius 2 is 1.59 bits per heavy atom. The molecule has 308 valence electrons. The third-order valence-corrected chi connectivity index (χ3v) is 12.4. The molecule has 17 heteroatoms. The predicted octanol–water partition coefficient (Wildman–Crippen LogP) is 5.31. The van der Waals surface area contributed by atoms with Crippen molar-refractivity contribution in [3.63, 3.8) is 0 Å². The van der Waals surface area contributed by atoms with E-state index in [0.717, 1.165) is 23.9 Å². The lowest BCUT2D eigenvalue weighted by molar-refractivity contribution is -0.136. The molecule has 15 nitrogen and oxygen atoms in total. The first-order valence-electron chi connectivity index (χ1n) is 23.0. The van der Waals surface area contributed by atoms with Crippen molar-refractivity contribution in [2.45, 2.75) is 31.7 Å². The minimum Gasteiger partial charge on any atom is -0.494 e. The van der Waals surface area contributed by atoms with E-state index in [4.69, 9.17) is 27.3 Å². The Kier molecular flexibility index (Phi) is 8.86. The monoisotopic (exact) mass is 847 g/mol. The fraction of sp³-hybridized carbons (Fsp3) is 0.381. The summed E-state index contributed by atoms with van der Waals surface area (Å²) in [7, 11) is -1.12. The van der Waals surface area contributed by atoms with Gasteiger partial charge in [0, 0.05) is 80.3 Å². The van der Waals surface area contributed by atoms with Crippen molar-refractivity contribution < 1.29 is 39.4 Å². The molecule has 3 saturated heterocycles. The largest absolute Gasteiger partial charge is 0.494 e. The van der Waals surface area contributed by atoms with Gasteiger partial charge in [-0.25, -0.2) is 4.98 Å². The highest BCUT2D eigenvalue weighted by Crippen LogP contribution is 2.39. The molecule has 1 atom stereocenters. The third kappa shape index (κ3) is 8.50. The van der Waals surface area contributed by atoms with Gasteiger partial charge >= 0.3 is 0 Å². The Hall–Kier alpha value is -5.50. The number of piperidine rings is 2. The number of hydrogen-bond acceptors (Lipinski definition) is 13. The first kappa shape index (κ1) is 31.4. The van der Waals surface area contributed by atoms with E-state index in [2.05, 4.69) is 30.8 Å². The summed E-state index contributed by atoms with van der Waals surface area (Å²) in [6, 6.07) is 14.6. The number of nitrogens with zero attached hydrogens (tertiary/aromatic N) is 6. The van der Waals surface area contributed by atoms with Crippen LogP contribution in [0.3, 0.4) is 0 Å². The second-order valence-electron chi connectivity index (χ2n) is 14.9. The first-order chi connectivity index (χ1) is 31.4. The van der Waals surface area contributed by atoms with Gasteiger partial charge in [0.1, 0.15) is 24.0 Å². The maximum Gasteiger partial charge on any atom is 0.262 e. The molecule has 1 aromatic heterocycles. The molecule has 0 spiro atoms. The summed E-state index contributed by atoms with van der Waals surface area (Å²) in [5.41, 5.74) is 1.07. The van der Waals surface area contributed by atoms with Gasteiger partial charge in [-0.05, 0) is 81.0 Å². The van der Waals surface area contributed by atoms with E-state index in [9.17, 15) is 23.7 Å². The number of carbonyl (C=O) groups is 4. The van der Waals surface area contributed by atoms with Gasteiger partial charge in [-0.15, -0.1) is 0 Å². The highest BCUT2D eigenvalue weighted by Gasteiger charge is 2.45. The summed E-state index contributed by atoms with van der Waals surface area (Å²) in [6.45, 7) is -8.85. The summed E-state index contributed by atoms with van der Waals surface area (Å²) < 4.78 is 91.3. The topological polar surface area (TPSA) is 169 Å². The number of benzene rings is 3. The zero-order chi connectivity index (χ0) is 48.6. The van der Waals surface area contributed by atoms with Crippen molar-refractivity contribution in [2.75, 3.05) is 86.5 Å². The number of methoxy groups -OCH3 is 1. The Balaban J connectivity index is 0.952. The van der Waals surface area contributed by atoms with Crippen LogP contribution >= 0.6 is 18.7 Å². The van der Waals surface area contributed by atoms with Crippen LogP contribution in [0.1, 0.15) is 57.4 Å². The van der Waals surface area contributed by atoms with Gasteiger partial charge in [0.15, 0.2) is 5.82 Å². The Morgan fingerprint density at radius 1 is 0.881 bits per heavy atom. The van der Waals surface area contributed by atoms with Gasteiger partial charge in [-0.2, -0.15) is 4.98 Å². The average Bonchev–Trinajstić information content (AvgIpc) is 3.51. The van der Waals surface area contributed by atoms with E-state index in [0.29, 0.717) is 68.9 Å². The highest BCUT2D eigenvalue weighted by molar-refractivity contribution is 7.70. The van der Waals surface area contributed by atoms with Crippen LogP contribution < -0.4 is 35.8 Å². The maximum absolute atomic E-state index is 13.6. The minimum atomic E-state index is -3.24. The minimum absolute atomic E-state index is 0.111. The molecule has 3 aromatic carbocycles. The van der Waals surface area contributed by atoms with Gasteiger partial charge in [0.2, 0.25) is 17.8 Å². The molecule has 4 aliphatic rings. The number of nitrogens with one attached hydrogen (secondary N) is 3. The number of anilines is 6. The quantitative estimate of drug-likeness (QED) is 0.131. The van der Waals surface area contributed by atoms with E-state index < -0.39 is 68.5 Å². The van der Waals surface area contributed by atoms with Crippen molar-refractivity contribution in [2.24, 2.45) is 5.92 Å². The van der Waals surface area contributed by atoms with Gasteiger partial charge in [0.25, 0.3) is 11.8 Å². The summed E-state index contributed by atoms with van der Waals surface area (Å²) >= 11 is 6.46. The fourth-order valence-electron chi connectivity index (χ4n) is 7.52. The highest BCUT2D eigenvalue weighted by atomic mass is 35.5. The molecule has 0 bridgehead atoms. The van der Waals surface area contributed by atoms with E-state index in [1.165, 1.54) is 13.3 Å². The van der Waals surface area contributed by atoms with Crippen molar-refractivity contribution in [3.05, 3.63) is 83.0 Å². The molecular weight excluding hydrogens is 793 g/mol. The van der Waals surface area contributed by atoms with Crippen molar-refractivity contribution >= 4 is 82.2 Å². The fourth-order valence-corrected chi connectivity index (χ4v) is 8.81. The number of ether oxygens (including phenoxy) is 1. The number of aromatic nitrogens is 2. The Labute approximate surface area is 359 Å². The Bertz CT molecular complexity index is 2710. The van der Waals surface area contributed by atoms with Gasteiger partial charge in [-0.1, -0.05) is 23.7 Å². The number of carbonyl (C=O) groups excluding carboxylic acids is 4. The van der Waals surface area contributed by atoms with E-state index >= 15 is 0 Å². The third-order valence-electron chi connectivity index (χ3n) is 10.6. The van der Waals surface area contributed by atoms with Crippen LogP contribution in [0.2, 0.25) is 5.02 Å². The standard InChI is InChI=1S/C42H47ClN9O6P/c1-58-35-23-28(9-11-32(35)46-42-44-24-31(43)38(48-42)45-33-6-4-5-7-36(33)59(2,3)57)50-16-14-26(15-17-50)25-49-18-20-51(21-19-49)27-8-10-29-30(22-27)41(56)52(40(29)55)34-12-13-37(53)47-39(34)54/h4-11,22-24,26,34H,12-21,25H2,1-3H3,(H,47,53,54)(H2,44,45,46,48)/i18D2,19D2,20D2,21D2. The second-order valence-corrected chi connectivity index (χ2v) is 18.5. The molecule has 1 unspecified atom stereocenters. The summed E-state index contributed by atoms with van der Waals surface area (Å²) in [6.07, 6.45) is 2.06. The normalized spacial score (nSPS) is 24.6. The Morgan fingerprint density at radius 3 is 2.32 bits per heavy atom. The molecule has 4 aromatic rings. The average molecular weight is 848 g/mol. The van der Waals surface area contributed by atoms with Crippen molar-refractivity contribution in [1.82, 2.24) is 25.1 Å². The molecule has 8 rings (SSSR count). The van der Waals surface area contributed by atoms with Crippen LogP contribution in [-0.2, 0) is 14.2 Å². The van der Waals surface area contributed by atoms with Crippen molar-refractivity contribution in [3.8, 4) is 5.75 Å². The predicted molar refractivity (Wildman–Crippen MR) is 229 cm³/mol. The maximum atomic E-state index is 13.6. The molecule has 0 saturated carbocycles. The molecule has 0 radical (unpaired) electrons. The van der Waals surface area contributed by atoms with Crippen LogP contribution in [0.5, 0.6) is 5.75 Å². The van der Waals surface area contributed by atoms with Crippen molar-refractivity contribution in [1.29, 1.82) is 0 Å². The number of hydrogen-bond donors (Lipinski definition) is 3. The second kappa shape index (κ2) is 16.6. The SMILES string of the molecule is [2H]C1([2H])N(CC2CCN(c3ccc(Nc4ncc(Cl)c(Nc5ccccc5P(C)(C)=O)n4)c(OC)c3)CC2)C([2H])([2H])C([2H])([2H])N(c2ccc3c(c2)C(=O)N(C2CCC(=O)NC2=O)C3=O)C1([2H])[2H]. The van der Waals surface area contributed by atoms with Crippen LogP contribution in [0.15, 0.2) is 66.9 Å². The van der Waals surface area contributed by atoms with E-state index in [1.54, 1.807) is 31.5 Å². The molecule has 4 aliphatic heterocycles. The number of imide groups is 2. The number of piperazine rings is 1. The molecule has 59 heavy (non-hydrogen) atoms. The zero-order valence-corrected chi connectivity index (χ0v) is 34.1. The summed E-state index contributed by atoms with van der Waals surface area (Å²) in [5.74, 6) is -2.59.